The first-order chi connectivity index (χ1) is 5.90. The van der Waals surface area contributed by atoms with Gasteiger partial charge in [-0.3, -0.25) is 0 Å². The third-order valence-corrected chi connectivity index (χ3v) is 2.39. The van der Waals surface area contributed by atoms with Crippen LogP contribution in [-0.2, 0) is 0 Å². The molecule has 0 spiro atoms. The third-order valence-electron chi connectivity index (χ3n) is 1.67. The minimum atomic E-state index is 0. The summed E-state index contributed by atoms with van der Waals surface area (Å²) in [6, 6.07) is 11.9. The fourth-order valence-corrected chi connectivity index (χ4v) is 1.49. The van der Waals surface area contributed by atoms with Crippen molar-refractivity contribution in [2.45, 2.75) is 0 Å². The van der Waals surface area contributed by atoms with Crippen molar-refractivity contribution < 1.29 is 13.8 Å². The van der Waals surface area contributed by atoms with E-state index >= 15 is 0 Å². The van der Waals surface area contributed by atoms with Crippen molar-refractivity contribution in [2.75, 3.05) is 0 Å². The molecular weight excluding hydrogens is 379 g/mol. The Balaban J connectivity index is 0.000000845. The maximum atomic E-state index is 5.12. The molecule has 2 aromatic rings. The molecular formula is C9H10BiNO3. The molecule has 2 radical (unpaired) electrons. The van der Waals surface area contributed by atoms with E-state index in [1.54, 1.807) is 0 Å². The SMILES string of the molecule is O.O.[Bi][O]c1ccc2ccccc2n1. The number of hydrogen-bond donors (Lipinski definition) is 0. The van der Waals surface area contributed by atoms with Gasteiger partial charge in [-0.15, -0.1) is 0 Å². The summed E-state index contributed by atoms with van der Waals surface area (Å²) in [5.74, 6) is 0.710. The first-order valence-electron chi connectivity index (χ1n) is 3.57. The van der Waals surface area contributed by atoms with Gasteiger partial charge in [0.25, 0.3) is 0 Å². The molecule has 0 saturated carbocycles. The van der Waals surface area contributed by atoms with Gasteiger partial charge >= 0.3 is 86.1 Å². The van der Waals surface area contributed by atoms with E-state index in [1.807, 2.05) is 36.4 Å². The van der Waals surface area contributed by atoms with E-state index in [2.05, 4.69) is 4.98 Å². The normalized spacial score (nSPS) is 8.64. The summed E-state index contributed by atoms with van der Waals surface area (Å²) in [6.45, 7) is 0. The Labute approximate surface area is 97.0 Å². The number of nitrogens with zero attached hydrogens (tertiary/aromatic N) is 1. The van der Waals surface area contributed by atoms with Crippen LogP contribution in [0.5, 0.6) is 5.88 Å². The summed E-state index contributed by atoms with van der Waals surface area (Å²) in [6.07, 6.45) is 0. The predicted molar refractivity (Wildman–Crippen MR) is 55.4 cm³/mol. The number of benzene rings is 1. The Bertz CT molecular complexity index is 408. The van der Waals surface area contributed by atoms with Crippen molar-refractivity contribution >= 4 is 36.1 Å². The van der Waals surface area contributed by atoms with E-state index in [4.69, 9.17) is 2.81 Å². The molecule has 0 amide bonds. The summed E-state index contributed by atoms with van der Waals surface area (Å²) in [4.78, 5) is 4.30. The average molecular weight is 389 g/mol. The van der Waals surface area contributed by atoms with Gasteiger partial charge in [0.15, 0.2) is 0 Å². The zero-order chi connectivity index (χ0) is 8.39. The fraction of sp³-hybridized carbons (Fsp3) is 0. The van der Waals surface area contributed by atoms with Crippen LogP contribution in [0.25, 0.3) is 10.9 Å². The second-order valence-electron chi connectivity index (χ2n) is 2.43. The minimum absolute atomic E-state index is 0. The molecule has 0 saturated heterocycles. The zero-order valence-corrected chi connectivity index (χ0v) is 10.7. The van der Waals surface area contributed by atoms with E-state index in [9.17, 15) is 0 Å². The van der Waals surface area contributed by atoms with Crippen molar-refractivity contribution in [1.29, 1.82) is 0 Å². The molecule has 1 heterocycles. The van der Waals surface area contributed by atoms with Gasteiger partial charge in [0.05, 0.1) is 0 Å². The summed E-state index contributed by atoms with van der Waals surface area (Å²) < 4.78 is 5.12. The van der Waals surface area contributed by atoms with Gasteiger partial charge in [0, 0.05) is 0 Å². The molecule has 0 fully saturated rings. The van der Waals surface area contributed by atoms with Crippen LogP contribution in [0.15, 0.2) is 36.4 Å². The molecule has 0 aliphatic rings. The zero-order valence-electron chi connectivity index (χ0n) is 7.27. The molecule has 0 aliphatic carbocycles. The molecule has 2 rings (SSSR count). The van der Waals surface area contributed by atoms with Gasteiger partial charge in [0.2, 0.25) is 0 Å². The van der Waals surface area contributed by atoms with Gasteiger partial charge in [-0.05, 0) is 0 Å². The predicted octanol–water partition coefficient (Wildman–Crippen LogP) is 0.0477. The van der Waals surface area contributed by atoms with Crippen molar-refractivity contribution in [3.8, 4) is 5.88 Å². The van der Waals surface area contributed by atoms with E-state index in [0.29, 0.717) is 5.88 Å². The molecule has 1 aromatic carbocycles. The van der Waals surface area contributed by atoms with Crippen molar-refractivity contribution in [3.05, 3.63) is 36.4 Å². The topological polar surface area (TPSA) is 85.1 Å². The number of para-hydroxylation sites is 1. The van der Waals surface area contributed by atoms with E-state index in [0.717, 1.165) is 36.1 Å². The van der Waals surface area contributed by atoms with Crippen LogP contribution in [0.3, 0.4) is 0 Å². The maximum absolute atomic E-state index is 5.12. The first kappa shape index (κ1) is 13.2. The average Bonchev–Trinajstić information content (AvgIpc) is 2.17. The first-order valence-corrected chi connectivity index (χ1v) is 4.99. The Kier molecular flexibility index (Phi) is 5.54. The number of rotatable bonds is 1. The van der Waals surface area contributed by atoms with Crippen LogP contribution in [0.1, 0.15) is 0 Å². The number of pyridine rings is 1. The van der Waals surface area contributed by atoms with Crippen molar-refractivity contribution in [3.63, 3.8) is 0 Å². The van der Waals surface area contributed by atoms with E-state index in [1.165, 1.54) is 0 Å². The third kappa shape index (κ3) is 2.61. The molecule has 0 aliphatic heterocycles. The Morgan fingerprint density at radius 3 is 2.43 bits per heavy atom. The van der Waals surface area contributed by atoms with Gasteiger partial charge in [-0.2, -0.15) is 0 Å². The molecule has 74 valence electrons. The van der Waals surface area contributed by atoms with Crippen molar-refractivity contribution in [2.24, 2.45) is 0 Å². The van der Waals surface area contributed by atoms with E-state index < -0.39 is 0 Å². The summed E-state index contributed by atoms with van der Waals surface area (Å²) >= 11 is 0.876. The summed E-state index contributed by atoms with van der Waals surface area (Å²) in [7, 11) is 0. The molecule has 5 heteroatoms. The molecule has 14 heavy (non-hydrogen) atoms. The number of aromatic nitrogens is 1. The number of hydrogen-bond acceptors (Lipinski definition) is 2. The monoisotopic (exact) mass is 389 g/mol. The van der Waals surface area contributed by atoms with Crippen LogP contribution in [-0.4, -0.2) is 41.1 Å². The van der Waals surface area contributed by atoms with Gasteiger partial charge < -0.3 is 11.0 Å². The standard InChI is InChI=1S/C9H7NO.Bi.2H2O/c11-9-6-5-7-3-1-2-4-8(7)10-9;;;/h1-6H,(H,10,11);;2*1H2/q;+1;;/p-1. The Morgan fingerprint density at radius 1 is 1.00 bits per heavy atom. The molecule has 0 atom stereocenters. The quantitative estimate of drug-likeness (QED) is 0.646. The molecule has 0 bridgehead atoms. The fourth-order valence-electron chi connectivity index (χ4n) is 1.10. The number of fused-ring (bicyclic) bond motifs is 1. The summed E-state index contributed by atoms with van der Waals surface area (Å²) in [5.41, 5.74) is 0.987. The van der Waals surface area contributed by atoms with Crippen molar-refractivity contribution in [1.82, 2.24) is 4.98 Å². The Morgan fingerprint density at radius 2 is 1.71 bits per heavy atom. The molecule has 1 aromatic heterocycles. The summed E-state index contributed by atoms with van der Waals surface area (Å²) in [5, 5.41) is 1.15. The van der Waals surface area contributed by atoms with Gasteiger partial charge in [-0.25, -0.2) is 0 Å². The Hall–Kier alpha value is -0.767. The van der Waals surface area contributed by atoms with Crippen LogP contribution in [0.4, 0.5) is 0 Å². The van der Waals surface area contributed by atoms with Gasteiger partial charge in [-0.1, -0.05) is 0 Å². The molecule has 0 unspecified atom stereocenters. The second-order valence-corrected chi connectivity index (χ2v) is 3.14. The van der Waals surface area contributed by atoms with Crippen LogP contribution < -0.4 is 2.81 Å². The van der Waals surface area contributed by atoms with Crippen LogP contribution >= 0.6 is 0 Å². The molecule has 4 N–H and O–H groups in total. The second kappa shape index (κ2) is 5.86. The van der Waals surface area contributed by atoms with Gasteiger partial charge in [0.1, 0.15) is 0 Å². The van der Waals surface area contributed by atoms with Crippen LogP contribution in [0.2, 0.25) is 0 Å². The van der Waals surface area contributed by atoms with E-state index in [-0.39, 0.29) is 11.0 Å². The van der Waals surface area contributed by atoms with Crippen LogP contribution in [0, 0.1) is 0 Å². The molecule has 4 nitrogen and oxygen atoms in total.